The number of guanidine groups is 1. The monoisotopic (exact) mass is 516 g/mol. The lowest BCUT2D eigenvalue weighted by Crippen LogP contribution is -2.43. The van der Waals surface area contributed by atoms with Gasteiger partial charge in [0.25, 0.3) is 0 Å². The Balaban J connectivity index is 0.00000280. The minimum Gasteiger partial charge on any atom is -0.355 e. The molecule has 0 aliphatic heterocycles. The van der Waals surface area contributed by atoms with Gasteiger partial charge in [0, 0.05) is 37.1 Å². The van der Waals surface area contributed by atoms with Gasteiger partial charge in [0.1, 0.15) is 12.2 Å². The molecule has 0 radical (unpaired) electrons. The van der Waals surface area contributed by atoms with Crippen LogP contribution in [0.15, 0.2) is 35.6 Å². The summed E-state index contributed by atoms with van der Waals surface area (Å²) < 4.78 is 2.09. The summed E-state index contributed by atoms with van der Waals surface area (Å²) in [6, 6.07) is 8.52. The van der Waals surface area contributed by atoms with Gasteiger partial charge < -0.3 is 15.2 Å². The van der Waals surface area contributed by atoms with E-state index in [0.29, 0.717) is 6.04 Å². The molecule has 1 aliphatic rings. The fraction of sp³-hybridized carbons (Fsp3) is 0.550. The highest BCUT2D eigenvalue weighted by Crippen LogP contribution is 2.17. The number of hydrogen-bond donors (Lipinski definition) is 2. The molecule has 0 bridgehead atoms. The summed E-state index contributed by atoms with van der Waals surface area (Å²) in [4.78, 5) is 4.79. The highest BCUT2D eigenvalue weighted by molar-refractivity contribution is 14.0. The van der Waals surface area contributed by atoms with Crippen LogP contribution in [0.1, 0.15) is 44.0 Å². The Labute approximate surface area is 189 Å². The van der Waals surface area contributed by atoms with Gasteiger partial charge in [-0.3, -0.25) is 4.99 Å². The Morgan fingerprint density at radius 1 is 1.25 bits per heavy atom. The number of halogens is 2. The predicted molar refractivity (Wildman–Crippen MR) is 126 cm³/mol. The number of benzene rings is 1. The normalized spacial score (nSPS) is 14.7. The van der Waals surface area contributed by atoms with E-state index in [2.05, 4.69) is 44.5 Å². The summed E-state index contributed by atoms with van der Waals surface area (Å²) >= 11 is 5.95. The molecule has 3 rings (SSSR count). The van der Waals surface area contributed by atoms with Crippen LogP contribution in [0.5, 0.6) is 0 Å². The van der Waals surface area contributed by atoms with Gasteiger partial charge in [-0.15, -0.1) is 34.2 Å². The van der Waals surface area contributed by atoms with E-state index < -0.39 is 0 Å². The van der Waals surface area contributed by atoms with Crippen molar-refractivity contribution in [3.63, 3.8) is 0 Å². The average Bonchev–Trinajstić information content (AvgIpc) is 3.35. The maximum atomic E-state index is 5.95. The molecule has 154 valence electrons. The van der Waals surface area contributed by atoms with Gasteiger partial charge in [0.2, 0.25) is 0 Å². The fourth-order valence-corrected chi connectivity index (χ4v) is 3.52. The highest BCUT2D eigenvalue weighted by atomic mass is 127. The molecular formula is C20H30ClIN6. The van der Waals surface area contributed by atoms with E-state index in [1.54, 1.807) is 6.33 Å². The second-order valence-electron chi connectivity index (χ2n) is 6.95. The SMILES string of the molecule is CCc1nncn1CCNC(=NCCc1ccc(Cl)cc1)NC1CCCC1.I. The number of rotatable bonds is 8. The summed E-state index contributed by atoms with van der Waals surface area (Å²) in [6.07, 6.45) is 8.64. The smallest absolute Gasteiger partial charge is 0.191 e. The molecule has 0 amide bonds. The first-order valence-electron chi connectivity index (χ1n) is 9.90. The van der Waals surface area contributed by atoms with Gasteiger partial charge in [-0.05, 0) is 37.0 Å². The molecule has 1 aromatic carbocycles. The predicted octanol–water partition coefficient (Wildman–Crippen LogP) is 3.83. The number of nitrogens with one attached hydrogen (secondary N) is 2. The van der Waals surface area contributed by atoms with Crippen molar-refractivity contribution in [2.24, 2.45) is 4.99 Å². The molecule has 28 heavy (non-hydrogen) atoms. The van der Waals surface area contributed by atoms with Gasteiger partial charge in [-0.25, -0.2) is 0 Å². The first-order valence-corrected chi connectivity index (χ1v) is 10.3. The molecule has 1 aromatic heterocycles. The van der Waals surface area contributed by atoms with E-state index in [0.717, 1.165) is 49.3 Å². The second kappa shape index (κ2) is 12.3. The quantitative estimate of drug-likeness (QED) is 0.318. The lowest BCUT2D eigenvalue weighted by molar-refractivity contribution is 0.593. The number of aliphatic imine (C=N–C) groups is 1. The summed E-state index contributed by atoms with van der Waals surface area (Å²) in [5, 5.41) is 16.0. The molecule has 6 nitrogen and oxygen atoms in total. The molecule has 0 unspecified atom stereocenters. The van der Waals surface area contributed by atoms with E-state index in [-0.39, 0.29) is 24.0 Å². The second-order valence-corrected chi connectivity index (χ2v) is 7.39. The third-order valence-electron chi connectivity index (χ3n) is 4.94. The van der Waals surface area contributed by atoms with E-state index in [9.17, 15) is 0 Å². The summed E-state index contributed by atoms with van der Waals surface area (Å²) in [5.41, 5.74) is 1.25. The zero-order valence-electron chi connectivity index (χ0n) is 16.4. The molecule has 8 heteroatoms. The molecule has 1 heterocycles. The maximum absolute atomic E-state index is 5.95. The van der Waals surface area contributed by atoms with Gasteiger partial charge in [-0.1, -0.05) is 43.5 Å². The van der Waals surface area contributed by atoms with Crippen molar-refractivity contribution in [3.05, 3.63) is 47.0 Å². The van der Waals surface area contributed by atoms with E-state index in [1.807, 2.05) is 12.1 Å². The van der Waals surface area contributed by atoms with Crippen LogP contribution in [0.3, 0.4) is 0 Å². The van der Waals surface area contributed by atoms with Crippen molar-refractivity contribution >= 4 is 41.5 Å². The van der Waals surface area contributed by atoms with Crippen LogP contribution < -0.4 is 10.6 Å². The summed E-state index contributed by atoms with van der Waals surface area (Å²) in [6.45, 7) is 4.47. The Hall–Kier alpha value is -1.35. The minimum atomic E-state index is 0. The van der Waals surface area contributed by atoms with Gasteiger partial charge in [-0.2, -0.15) is 0 Å². The maximum Gasteiger partial charge on any atom is 0.191 e. The molecule has 1 saturated carbocycles. The standard InChI is InChI=1S/C20H29ClN6.HI/c1-2-19-26-24-15-27(19)14-13-23-20(25-18-5-3-4-6-18)22-12-11-16-7-9-17(21)10-8-16;/h7-10,15,18H,2-6,11-14H2,1H3,(H2,22,23,25);1H. The van der Waals surface area contributed by atoms with Crippen LogP contribution in [0.4, 0.5) is 0 Å². The topological polar surface area (TPSA) is 67.1 Å². The lowest BCUT2D eigenvalue weighted by atomic mass is 10.1. The number of hydrogen-bond acceptors (Lipinski definition) is 3. The Bertz CT molecular complexity index is 725. The third-order valence-corrected chi connectivity index (χ3v) is 5.19. The molecule has 0 spiro atoms. The molecule has 0 saturated heterocycles. The zero-order chi connectivity index (χ0) is 18.9. The van der Waals surface area contributed by atoms with Crippen LogP contribution >= 0.6 is 35.6 Å². The molecule has 2 N–H and O–H groups in total. The number of aryl methyl sites for hydroxylation is 1. The lowest BCUT2D eigenvalue weighted by Gasteiger charge is -2.18. The van der Waals surface area contributed by atoms with Crippen LogP contribution in [0.25, 0.3) is 0 Å². The fourth-order valence-electron chi connectivity index (χ4n) is 3.40. The third kappa shape index (κ3) is 7.24. The molecule has 0 atom stereocenters. The van der Waals surface area contributed by atoms with Crippen LogP contribution in [0.2, 0.25) is 5.02 Å². The van der Waals surface area contributed by atoms with E-state index in [1.165, 1.54) is 31.2 Å². The van der Waals surface area contributed by atoms with Crippen molar-refractivity contribution in [2.45, 2.75) is 58.0 Å². The van der Waals surface area contributed by atoms with Crippen molar-refractivity contribution in [1.82, 2.24) is 25.4 Å². The zero-order valence-corrected chi connectivity index (χ0v) is 19.5. The highest BCUT2D eigenvalue weighted by Gasteiger charge is 2.16. The van der Waals surface area contributed by atoms with Gasteiger partial charge in [0.05, 0.1) is 0 Å². The molecular weight excluding hydrogens is 487 g/mol. The van der Waals surface area contributed by atoms with Crippen LogP contribution in [0, 0.1) is 0 Å². The number of nitrogens with zero attached hydrogens (tertiary/aromatic N) is 4. The summed E-state index contributed by atoms with van der Waals surface area (Å²) in [7, 11) is 0. The largest absolute Gasteiger partial charge is 0.355 e. The van der Waals surface area contributed by atoms with E-state index in [4.69, 9.17) is 16.6 Å². The average molecular weight is 517 g/mol. The first kappa shape index (κ1) is 22.9. The van der Waals surface area contributed by atoms with Crippen molar-refractivity contribution in [3.8, 4) is 0 Å². The van der Waals surface area contributed by atoms with Crippen LogP contribution in [-0.4, -0.2) is 39.9 Å². The van der Waals surface area contributed by atoms with Crippen LogP contribution in [-0.2, 0) is 19.4 Å². The molecule has 1 aliphatic carbocycles. The Kier molecular flexibility index (Phi) is 10.0. The van der Waals surface area contributed by atoms with Crippen molar-refractivity contribution in [1.29, 1.82) is 0 Å². The van der Waals surface area contributed by atoms with Gasteiger partial charge >= 0.3 is 0 Å². The summed E-state index contributed by atoms with van der Waals surface area (Å²) in [5.74, 6) is 1.92. The first-order chi connectivity index (χ1) is 13.2. The van der Waals surface area contributed by atoms with Crippen molar-refractivity contribution < 1.29 is 0 Å². The van der Waals surface area contributed by atoms with Crippen molar-refractivity contribution in [2.75, 3.05) is 13.1 Å². The van der Waals surface area contributed by atoms with Gasteiger partial charge in [0.15, 0.2) is 5.96 Å². The minimum absolute atomic E-state index is 0. The Morgan fingerprint density at radius 3 is 2.71 bits per heavy atom. The number of aromatic nitrogens is 3. The molecule has 2 aromatic rings. The van der Waals surface area contributed by atoms with E-state index >= 15 is 0 Å². The Morgan fingerprint density at radius 2 is 2.00 bits per heavy atom. The molecule has 1 fully saturated rings.